The third-order valence-corrected chi connectivity index (χ3v) is 5.02. The Balaban J connectivity index is 1.49. The van der Waals surface area contributed by atoms with Crippen LogP contribution in [0, 0.1) is 0 Å². The van der Waals surface area contributed by atoms with Crippen molar-refractivity contribution in [3.8, 4) is 22.8 Å². The highest BCUT2D eigenvalue weighted by molar-refractivity contribution is 6.04. The van der Waals surface area contributed by atoms with E-state index < -0.39 is 0 Å². The fourth-order valence-electron chi connectivity index (χ4n) is 3.62. The lowest BCUT2D eigenvalue weighted by molar-refractivity contribution is 0.468. The van der Waals surface area contributed by atoms with E-state index in [0.717, 1.165) is 53.3 Å². The zero-order valence-electron chi connectivity index (χ0n) is 15.3. The van der Waals surface area contributed by atoms with Crippen LogP contribution >= 0.6 is 0 Å². The standard InChI is InChI=1S/C21H18BN5O/c22-26-11-10-16(13-26)27-21-19(12-23-14-24-21)20(25-27)15-6-8-18(9-7-15)28-17-4-2-1-3-5-17/h1-9,12,14,16H,10-11,13H2/t16-/m0/s1. The van der Waals surface area contributed by atoms with Crippen LogP contribution in [-0.2, 0) is 0 Å². The molecule has 6 nitrogen and oxygen atoms in total. The van der Waals surface area contributed by atoms with Crippen molar-refractivity contribution in [2.45, 2.75) is 12.5 Å². The highest BCUT2D eigenvalue weighted by Crippen LogP contribution is 2.32. The van der Waals surface area contributed by atoms with E-state index in [9.17, 15) is 0 Å². The lowest BCUT2D eigenvalue weighted by Crippen LogP contribution is -2.18. The molecule has 0 bridgehead atoms. The van der Waals surface area contributed by atoms with E-state index in [0.29, 0.717) is 0 Å². The summed E-state index contributed by atoms with van der Waals surface area (Å²) in [5, 5.41) is 5.82. The average molecular weight is 367 g/mol. The Labute approximate surface area is 164 Å². The first-order valence-electron chi connectivity index (χ1n) is 9.29. The first-order chi connectivity index (χ1) is 13.8. The van der Waals surface area contributed by atoms with Crippen LogP contribution < -0.4 is 4.74 Å². The summed E-state index contributed by atoms with van der Waals surface area (Å²) in [6, 6.07) is 17.9. The van der Waals surface area contributed by atoms with Gasteiger partial charge in [-0.3, -0.25) is 0 Å². The van der Waals surface area contributed by atoms with Gasteiger partial charge in [0.25, 0.3) is 0 Å². The minimum atomic E-state index is 0.219. The van der Waals surface area contributed by atoms with Gasteiger partial charge in [-0.2, -0.15) is 5.10 Å². The summed E-state index contributed by atoms with van der Waals surface area (Å²) in [6.45, 7) is 1.63. The smallest absolute Gasteiger partial charge is 0.182 e. The van der Waals surface area contributed by atoms with Crippen molar-refractivity contribution in [1.82, 2.24) is 24.6 Å². The van der Waals surface area contributed by atoms with Crippen LogP contribution in [0.4, 0.5) is 0 Å². The quantitative estimate of drug-likeness (QED) is 0.516. The Morgan fingerprint density at radius 1 is 1.00 bits per heavy atom. The second-order valence-electron chi connectivity index (χ2n) is 6.93. The second kappa shape index (κ2) is 7.09. The molecule has 1 saturated heterocycles. The van der Waals surface area contributed by atoms with E-state index in [1.54, 1.807) is 6.33 Å². The highest BCUT2D eigenvalue weighted by atomic mass is 16.5. The summed E-state index contributed by atoms with van der Waals surface area (Å²) in [4.78, 5) is 10.5. The van der Waals surface area contributed by atoms with Gasteiger partial charge in [0.1, 0.15) is 23.5 Å². The summed E-state index contributed by atoms with van der Waals surface area (Å²) < 4.78 is 7.88. The molecule has 7 heteroatoms. The zero-order chi connectivity index (χ0) is 18.9. The molecular formula is C21H18BN5O. The van der Waals surface area contributed by atoms with Crippen LogP contribution in [0.15, 0.2) is 67.1 Å². The maximum atomic E-state index is 5.95. The number of aromatic nitrogens is 4. The molecule has 0 aliphatic carbocycles. The van der Waals surface area contributed by atoms with Crippen LogP contribution in [0.1, 0.15) is 12.5 Å². The fourth-order valence-corrected chi connectivity index (χ4v) is 3.62. The van der Waals surface area contributed by atoms with E-state index in [2.05, 4.69) is 9.97 Å². The lowest BCUT2D eigenvalue weighted by Gasteiger charge is -2.11. The first kappa shape index (κ1) is 17.0. The zero-order valence-corrected chi connectivity index (χ0v) is 15.3. The van der Waals surface area contributed by atoms with Gasteiger partial charge in [-0.1, -0.05) is 18.2 Å². The molecule has 1 aliphatic rings. The maximum Gasteiger partial charge on any atom is 0.182 e. The molecule has 2 aromatic carbocycles. The van der Waals surface area contributed by atoms with Gasteiger partial charge >= 0.3 is 0 Å². The van der Waals surface area contributed by atoms with Crippen molar-refractivity contribution >= 4 is 19.0 Å². The van der Waals surface area contributed by atoms with Gasteiger partial charge < -0.3 is 9.55 Å². The van der Waals surface area contributed by atoms with Crippen molar-refractivity contribution in [2.24, 2.45) is 0 Å². The summed E-state index contributed by atoms with van der Waals surface area (Å²) >= 11 is 0. The molecule has 1 fully saturated rings. The molecule has 0 unspecified atom stereocenters. The molecule has 0 saturated carbocycles. The molecule has 1 atom stereocenters. The average Bonchev–Trinajstić information content (AvgIpc) is 3.33. The molecule has 2 radical (unpaired) electrons. The van der Waals surface area contributed by atoms with Crippen LogP contribution in [0.2, 0.25) is 0 Å². The van der Waals surface area contributed by atoms with Crippen molar-refractivity contribution < 1.29 is 4.74 Å². The number of ether oxygens (including phenoxy) is 1. The predicted molar refractivity (Wildman–Crippen MR) is 108 cm³/mol. The van der Waals surface area contributed by atoms with E-state index in [-0.39, 0.29) is 6.04 Å². The first-order valence-corrected chi connectivity index (χ1v) is 9.29. The van der Waals surface area contributed by atoms with Gasteiger partial charge in [0.05, 0.1) is 11.4 Å². The largest absolute Gasteiger partial charge is 0.457 e. The van der Waals surface area contributed by atoms with Gasteiger partial charge in [0.15, 0.2) is 13.6 Å². The number of hydrogen-bond donors (Lipinski definition) is 0. The normalized spacial score (nSPS) is 17.2. The van der Waals surface area contributed by atoms with Crippen LogP contribution in [0.5, 0.6) is 11.5 Å². The van der Waals surface area contributed by atoms with Crippen molar-refractivity contribution in [3.05, 3.63) is 67.1 Å². The summed E-state index contributed by atoms with van der Waals surface area (Å²) in [7, 11) is 5.95. The monoisotopic (exact) mass is 367 g/mol. The maximum absolute atomic E-state index is 5.95. The lowest BCUT2D eigenvalue weighted by atomic mass is 10.1. The molecule has 0 spiro atoms. The highest BCUT2D eigenvalue weighted by Gasteiger charge is 2.25. The molecule has 3 heterocycles. The number of para-hydroxylation sites is 1. The van der Waals surface area contributed by atoms with Gasteiger partial charge in [-0.15, -0.1) is 0 Å². The number of rotatable bonds is 4. The fraction of sp³-hybridized carbons (Fsp3) is 0.190. The number of fused-ring (bicyclic) bond motifs is 1. The Bertz CT molecular complexity index is 1100. The van der Waals surface area contributed by atoms with Gasteiger partial charge in [0, 0.05) is 18.3 Å². The van der Waals surface area contributed by atoms with Crippen LogP contribution in [0.3, 0.4) is 0 Å². The van der Waals surface area contributed by atoms with E-state index in [1.807, 2.05) is 70.3 Å². The topological polar surface area (TPSA) is 56.1 Å². The van der Waals surface area contributed by atoms with Gasteiger partial charge in [-0.25, -0.2) is 14.6 Å². The van der Waals surface area contributed by atoms with Crippen molar-refractivity contribution in [1.29, 1.82) is 0 Å². The molecule has 1 aliphatic heterocycles. The van der Waals surface area contributed by atoms with E-state index in [1.165, 1.54) is 0 Å². The molecule has 28 heavy (non-hydrogen) atoms. The van der Waals surface area contributed by atoms with Gasteiger partial charge in [-0.05, 0) is 49.4 Å². The molecule has 136 valence electrons. The molecule has 4 aromatic rings. The Hall–Kier alpha value is -3.19. The molecule has 2 aromatic heterocycles. The third kappa shape index (κ3) is 3.14. The van der Waals surface area contributed by atoms with Crippen LogP contribution in [-0.4, -0.2) is 45.6 Å². The molecule has 0 N–H and O–H groups in total. The Morgan fingerprint density at radius 2 is 1.79 bits per heavy atom. The minimum Gasteiger partial charge on any atom is -0.457 e. The van der Waals surface area contributed by atoms with Crippen molar-refractivity contribution in [3.63, 3.8) is 0 Å². The number of hydrogen-bond acceptors (Lipinski definition) is 5. The summed E-state index contributed by atoms with van der Waals surface area (Å²) in [6.07, 6.45) is 4.35. The third-order valence-electron chi connectivity index (χ3n) is 5.02. The SMILES string of the molecule is [B]N1CC[C@H](n2nc(-c3ccc(Oc4ccccc4)cc3)c3cncnc32)C1. The van der Waals surface area contributed by atoms with Gasteiger partial charge in [0.2, 0.25) is 0 Å². The van der Waals surface area contributed by atoms with E-state index >= 15 is 0 Å². The van der Waals surface area contributed by atoms with E-state index in [4.69, 9.17) is 17.8 Å². The minimum absolute atomic E-state index is 0.219. The van der Waals surface area contributed by atoms with Crippen LogP contribution in [0.25, 0.3) is 22.3 Å². The second-order valence-corrected chi connectivity index (χ2v) is 6.93. The number of benzene rings is 2. The number of nitrogens with zero attached hydrogens (tertiary/aromatic N) is 5. The summed E-state index contributed by atoms with van der Waals surface area (Å²) in [5.41, 5.74) is 2.72. The molecular weight excluding hydrogens is 349 g/mol. The van der Waals surface area contributed by atoms with Crippen molar-refractivity contribution in [2.75, 3.05) is 13.1 Å². The molecule has 0 amide bonds. The summed E-state index contributed by atoms with van der Waals surface area (Å²) in [5.74, 6) is 1.59. The Morgan fingerprint density at radius 3 is 2.54 bits per heavy atom. The Kier molecular flexibility index (Phi) is 4.29. The predicted octanol–water partition coefficient (Wildman–Crippen LogP) is 3.62. The molecule has 5 rings (SSSR count).